The summed E-state index contributed by atoms with van der Waals surface area (Å²) in [6.45, 7) is 2.28. The molecule has 28 heavy (non-hydrogen) atoms. The molecule has 1 saturated heterocycles. The molecule has 0 spiro atoms. The monoisotopic (exact) mass is 380 g/mol. The van der Waals surface area contributed by atoms with Crippen LogP contribution in [0.5, 0.6) is 0 Å². The summed E-state index contributed by atoms with van der Waals surface area (Å²) in [4.78, 5) is 38.9. The largest absolute Gasteiger partial charge is 0.467 e. The molecule has 146 valence electrons. The molecule has 1 aliphatic rings. The molecule has 0 aliphatic carbocycles. The lowest BCUT2D eigenvalue weighted by atomic mass is 10.0. The Bertz CT molecular complexity index is 849. The number of ether oxygens (including phenoxy) is 1. The second-order valence-corrected chi connectivity index (χ2v) is 7.01. The van der Waals surface area contributed by atoms with E-state index in [4.69, 9.17) is 4.74 Å². The fourth-order valence-electron chi connectivity index (χ4n) is 3.33. The minimum absolute atomic E-state index is 0.0957. The first-order chi connectivity index (χ1) is 13.5. The van der Waals surface area contributed by atoms with Crippen LogP contribution in [-0.4, -0.2) is 37.5 Å². The Morgan fingerprint density at radius 2 is 1.82 bits per heavy atom. The molecule has 1 N–H and O–H groups in total. The summed E-state index contributed by atoms with van der Waals surface area (Å²) in [6.07, 6.45) is 0.459. The number of anilines is 1. The number of rotatable bonds is 6. The molecular formula is C22H24N2O4. The summed E-state index contributed by atoms with van der Waals surface area (Å²) in [5.74, 6) is -1.41. The molecule has 0 radical (unpaired) electrons. The molecule has 2 aromatic carbocycles. The Labute approximate surface area is 164 Å². The number of nitrogens with one attached hydrogen (secondary N) is 1. The van der Waals surface area contributed by atoms with E-state index >= 15 is 0 Å². The van der Waals surface area contributed by atoms with Crippen molar-refractivity contribution in [2.75, 3.05) is 18.6 Å². The molecule has 1 fully saturated rings. The van der Waals surface area contributed by atoms with Crippen LogP contribution in [0.25, 0.3) is 0 Å². The van der Waals surface area contributed by atoms with E-state index in [1.807, 2.05) is 61.5 Å². The summed E-state index contributed by atoms with van der Waals surface area (Å²) < 4.78 is 4.84. The average Bonchev–Trinajstić information content (AvgIpc) is 3.10. The van der Waals surface area contributed by atoms with Crippen molar-refractivity contribution in [3.63, 3.8) is 0 Å². The Kier molecular flexibility index (Phi) is 6.09. The first kappa shape index (κ1) is 19.6. The number of aryl methyl sites for hydroxylation is 1. The van der Waals surface area contributed by atoms with Crippen LogP contribution in [0.1, 0.15) is 17.5 Å². The van der Waals surface area contributed by atoms with Crippen molar-refractivity contribution >= 4 is 23.5 Å². The predicted octanol–water partition coefficient (Wildman–Crippen LogP) is 2.25. The van der Waals surface area contributed by atoms with Crippen LogP contribution in [0.2, 0.25) is 0 Å². The molecule has 2 aromatic rings. The molecule has 2 unspecified atom stereocenters. The van der Waals surface area contributed by atoms with Gasteiger partial charge in [0, 0.05) is 25.1 Å². The second-order valence-electron chi connectivity index (χ2n) is 7.01. The predicted molar refractivity (Wildman–Crippen MR) is 106 cm³/mol. The van der Waals surface area contributed by atoms with E-state index in [1.165, 1.54) is 7.11 Å². The zero-order chi connectivity index (χ0) is 20.1. The van der Waals surface area contributed by atoms with Crippen LogP contribution in [-0.2, 0) is 25.5 Å². The van der Waals surface area contributed by atoms with Crippen LogP contribution in [0, 0.1) is 12.8 Å². The molecule has 0 saturated carbocycles. The second kappa shape index (κ2) is 8.69. The number of amides is 2. The van der Waals surface area contributed by atoms with E-state index in [2.05, 4.69) is 5.32 Å². The maximum Gasteiger partial charge on any atom is 0.328 e. The van der Waals surface area contributed by atoms with E-state index < -0.39 is 17.9 Å². The van der Waals surface area contributed by atoms with Gasteiger partial charge in [0.1, 0.15) is 6.04 Å². The van der Waals surface area contributed by atoms with E-state index in [9.17, 15) is 14.4 Å². The van der Waals surface area contributed by atoms with Crippen LogP contribution >= 0.6 is 0 Å². The summed E-state index contributed by atoms with van der Waals surface area (Å²) in [7, 11) is 1.30. The molecular weight excluding hydrogens is 356 g/mol. The quantitative estimate of drug-likeness (QED) is 0.780. The van der Waals surface area contributed by atoms with Gasteiger partial charge < -0.3 is 15.0 Å². The fraction of sp³-hybridized carbons (Fsp3) is 0.318. The number of carbonyl (C=O) groups is 3. The third kappa shape index (κ3) is 4.57. The van der Waals surface area contributed by atoms with Crippen molar-refractivity contribution in [1.82, 2.24) is 5.32 Å². The van der Waals surface area contributed by atoms with E-state index in [1.54, 1.807) is 4.90 Å². The Morgan fingerprint density at radius 1 is 1.14 bits per heavy atom. The molecule has 0 aromatic heterocycles. The van der Waals surface area contributed by atoms with E-state index in [-0.39, 0.29) is 18.2 Å². The van der Waals surface area contributed by atoms with Gasteiger partial charge in [0.25, 0.3) is 0 Å². The highest BCUT2D eigenvalue weighted by Crippen LogP contribution is 2.25. The minimum Gasteiger partial charge on any atom is -0.467 e. The minimum atomic E-state index is -0.788. The maximum absolute atomic E-state index is 12.7. The van der Waals surface area contributed by atoms with E-state index in [0.717, 1.165) is 16.8 Å². The van der Waals surface area contributed by atoms with Crippen molar-refractivity contribution in [3.05, 3.63) is 65.7 Å². The van der Waals surface area contributed by atoms with Crippen LogP contribution in [0.15, 0.2) is 54.6 Å². The molecule has 2 amide bonds. The molecule has 6 heteroatoms. The summed E-state index contributed by atoms with van der Waals surface area (Å²) >= 11 is 0. The lowest BCUT2D eigenvalue weighted by Crippen LogP contribution is -2.46. The van der Waals surface area contributed by atoms with Crippen molar-refractivity contribution in [3.8, 4) is 0 Å². The number of methoxy groups -OCH3 is 1. The standard InChI is InChI=1S/C22H24N2O4/c1-15-8-10-18(11-9-15)24-14-17(13-20(24)25)21(26)23-19(22(27)28-2)12-16-6-4-3-5-7-16/h3-11,17,19H,12-14H2,1-2H3,(H,23,26). The van der Waals surface area contributed by atoms with Crippen LogP contribution < -0.4 is 10.2 Å². The third-order valence-corrected chi connectivity index (χ3v) is 4.93. The molecule has 1 aliphatic heterocycles. The van der Waals surface area contributed by atoms with Crippen molar-refractivity contribution in [1.29, 1.82) is 0 Å². The topological polar surface area (TPSA) is 75.7 Å². The van der Waals surface area contributed by atoms with Gasteiger partial charge in [-0.2, -0.15) is 0 Å². The number of carbonyl (C=O) groups excluding carboxylic acids is 3. The van der Waals surface area contributed by atoms with Crippen molar-refractivity contribution in [2.45, 2.75) is 25.8 Å². The summed E-state index contributed by atoms with van der Waals surface area (Å²) in [5, 5.41) is 2.77. The van der Waals surface area contributed by atoms with Crippen LogP contribution in [0.4, 0.5) is 5.69 Å². The zero-order valence-corrected chi connectivity index (χ0v) is 16.1. The Hall–Kier alpha value is -3.15. The van der Waals surface area contributed by atoms with Crippen molar-refractivity contribution < 1.29 is 19.1 Å². The van der Waals surface area contributed by atoms with Gasteiger partial charge in [0.2, 0.25) is 11.8 Å². The fourth-order valence-corrected chi connectivity index (χ4v) is 3.33. The number of esters is 1. The van der Waals surface area contributed by atoms with Gasteiger partial charge in [-0.15, -0.1) is 0 Å². The lowest BCUT2D eigenvalue weighted by Gasteiger charge is -2.20. The summed E-state index contributed by atoms with van der Waals surface area (Å²) in [5.41, 5.74) is 2.80. The average molecular weight is 380 g/mol. The van der Waals surface area contributed by atoms with Crippen molar-refractivity contribution in [2.24, 2.45) is 5.92 Å². The lowest BCUT2D eigenvalue weighted by molar-refractivity contribution is -0.145. The smallest absolute Gasteiger partial charge is 0.328 e. The Balaban J connectivity index is 1.67. The molecule has 2 atom stereocenters. The molecule has 6 nitrogen and oxygen atoms in total. The molecule has 0 bridgehead atoms. The molecule has 1 heterocycles. The number of nitrogens with zero attached hydrogens (tertiary/aromatic N) is 1. The van der Waals surface area contributed by atoms with Gasteiger partial charge in [-0.3, -0.25) is 9.59 Å². The first-order valence-corrected chi connectivity index (χ1v) is 9.27. The number of benzene rings is 2. The highest BCUT2D eigenvalue weighted by Gasteiger charge is 2.36. The van der Waals surface area contributed by atoms with Gasteiger partial charge in [0.05, 0.1) is 13.0 Å². The first-order valence-electron chi connectivity index (χ1n) is 9.27. The van der Waals surface area contributed by atoms with Gasteiger partial charge in [-0.1, -0.05) is 48.0 Å². The number of hydrogen-bond acceptors (Lipinski definition) is 4. The SMILES string of the molecule is COC(=O)C(Cc1ccccc1)NC(=O)C1CC(=O)N(c2ccc(C)cc2)C1. The highest BCUT2D eigenvalue weighted by molar-refractivity contribution is 6.00. The van der Waals surface area contributed by atoms with E-state index in [0.29, 0.717) is 13.0 Å². The summed E-state index contributed by atoms with van der Waals surface area (Å²) in [6, 6.07) is 16.2. The third-order valence-electron chi connectivity index (χ3n) is 4.93. The maximum atomic E-state index is 12.7. The molecule has 3 rings (SSSR count). The van der Waals surface area contributed by atoms with Gasteiger partial charge in [-0.05, 0) is 24.6 Å². The van der Waals surface area contributed by atoms with Gasteiger partial charge in [0.15, 0.2) is 0 Å². The zero-order valence-electron chi connectivity index (χ0n) is 16.1. The Morgan fingerprint density at radius 3 is 2.46 bits per heavy atom. The van der Waals surface area contributed by atoms with Crippen LogP contribution in [0.3, 0.4) is 0 Å². The van der Waals surface area contributed by atoms with Gasteiger partial charge in [-0.25, -0.2) is 4.79 Å². The van der Waals surface area contributed by atoms with Gasteiger partial charge >= 0.3 is 5.97 Å². The number of hydrogen-bond donors (Lipinski definition) is 1. The highest BCUT2D eigenvalue weighted by atomic mass is 16.5. The normalized spacial score (nSPS) is 17.3.